The summed E-state index contributed by atoms with van der Waals surface area (Å²) in [5.74, 6) is 0. The third-order valence-corrected chi connectivity index (χ3v) is 11.4. The molecule has 0 amide bonds. The molecule has 0 aliphatic carbocycles. The van der Waals surface area contributed by atoms with E-state index >= 15 is 0 Å². The molecule has 2 aromatic carbocycles. The third-order valence-electron chi connectivity index (χ3n) is 2.18. The fourth-order valence-corrected chi connectivity index (χ4v) is 9.26. The average molecular weight is 483 g/mol. The number of hydrogen-bond donors (Lipinski definition) is 0. The van der Waals surface area contributed by atoms with Crippen molar-refractivity contribution in [2.24, 2.45) is 0 Å². The molecule has 2 rings (SSSR count). The summed E-state index contributed by atoms with van der Waals surface area (Å²) in [5, 5.41) is 0. The Morgan fingerprint density at radius 3 is 1.42 bits per heavy atom. The second-order valence-electron chi connectivity index (χ2n) is 3.45. The van der Waals surface area contributed by atoms with Gasteiger partial charge in [0.25, 0.3) is 0 Å². The van der Waals surface area contributed by atoms with Crippen LogP contribution in [0, 0.1) is 0 Å². The van der Waals surface area contributed by atoms with Gasteiger partial charge in [0.15, 0.2) is 0 Å². The van der Waals surface area contributed by atoms with E-state index in [4.69, 9.17) is 4.18 Å². The van der Waals surface area contributed by atoms with Crippen LogP contribution < -0.4 is 0 Å². The maximum atomic E-state index is 11.7. The van der Waals surface area contributed by atoms with Gasteiger partial charge in [-0.05, 0) is 0 Å². The van der Waals surface area contributed by atoms with E-state index in [1.807, 2.05) is 12.1 Å². The van der Waals surface area contributed by atoms with Crippen LogP contribution in [-0.4, -0.2) is 8.42 Å². The summed E-state index contributed by atoms with van der Waals surface area (Å²) >= 11 is -5.37. The van der Waals surface area contributed by atoms with E-state index in [0.29, 0.717) is 9.79 Å². The molecular formula is C12H10HgO4S2. The minimum absolute atomic E-state index is 0.594. The van der Waals surface area contributed by atoms with Gasteiger partial charge in [-0.3, -0.25) is 0 Å². The Bertz CT molecular complexity index is 511. The second-order valence-corrected chi connectivity index (χ2v) is 12.2. The molecule has 2 aromatic rings. The molecule has 96 valence electrons. The van der Waals surface area contributed by atoms with Crippen molar-refractivity contribution in [3.63, 3.8) is 0 Å². The second kappa shape index (κ2) is 8.01. The first-order valence-electron chi connectivity index (χ1n) is 5.47. The zero-order valence-corrected chi connectivity index (χ0v) is 17.1. The van der Waals surface area contributed by atoms with Crippen molar-refractivity contribution in [2.75, 3.05) is 0 Å². The number of rotatable bonds is 6. The van der Waals surface area contributed by atoms with Crippen molar-refractivity contribution in [2.45, 2.75) is 9.79 Å². The summed E-state index contributed by atoms with van der Waals surface area (Å²) in [6.45, 7) is 0. The minimum atomic E-state index is -2.33. The molecule has 0 aromatic heterocycles. The third kappa shape index (κ3) is 4.89. The summed E-state index contributed by atoms with van der Waals surface area (Å²) in [6, 6.07) is 17.7. The Balaban J connectivity index is 1.81. The van der Waals surface area contributed by atoms with Crippen LogP contribution >= 0.6 is 0 Å². The van der Waals surface area contributed by atoms with E-state index < -0.39 is 47.6 Å². The summed E-state index contributed by atoms with van der Waals surface area (Å²) in [6.07, 6.45) is 0. The molecular weight excluding hydrogens is 473 g/mol. The average Bonchev–Trinajstić information content (AvgIpc) is 2.49. The molecule has 0 aliphatic rings. The molecule has 0 heterocycles. The van der Waals surface area contributed by atoms with Gasteiger partial charge in [0.2, 0.25) is 0 Å². The Morgan fingerprint density at radius 2 is 1.05 bits per heavy atom. The first-order valence-corrected chi connectivity index (χ1v) is 12.1. The molecule has 7 heteroatoms. The van der Waals surface area contributed by atoms with Gasteiger partial charge in [0, 0.05) is 0 Å². The molecule has 19 heavy (non-hydrogen) atoms. The van der Waals surface area contributed by atoms with E-state index in [-0.39, 0.29) is 0 Å². The van der Waals surface area contributed by atoms with E-state index in [1.54, 1.807) is 48.5 Å². The van der Waals surface area contributed by atoms with Gasteiger partial charge in [-0.15, -0.1) is 0 Å². The van der Waals surface area contributed by atoms with Crippen LogP contribution in [0.4, 0.5) is 0 Å². The van der Waals surface area contributed by atoms with Crippen LogP contribution in [-0.2, 0) is 51.8 Å². The molecule has 0 saturated heterocycles. The van der Waals surface area contributed by atoms with Crippen LogP contribution in [0.5, 0.6) is 0 Å². The summed E-state index contributed by atoms with van der Waals surface area (Å²) < 4.78 is 33.9. The quantitative estimate of drug-likeness (QED) is 0.593. The Labute approximate surface area is 130 Å². The summed E-state index contributed by atoms with van der Waals surface area (Å²) in [4.78, 5) is 1.19. The van der Waals surface area contributed by atoms with E-state index in [2.05, 4.69) is 0 Å². The van der Waals surface area contributed by atoms with Gasteiger partial charge < -0.3 is 0 Å². The van der Waals surface area contributed by atoms with Crippen molar-refractivity contribution < 1.29 is 38.1 Å². The first kappa shape index (κ1) is 15.0. The molecule has 0 spiro atoms. The van der Waals surface area contributed by atoms with E-state index in [0.717, 1.165) is 0 Å². The van der Waals surface area contributed by atoms with Gasteiger partial charge in [0.1, 0.15) is 0 Å². The topological polar surface area (TPSA) is 52.6 Å². The molecule has 2 atom stereocenters. The van der Waals surface area contributed by atoms with Gasteiger partial charge >= 0.3 is 131 Å². The SMILES string of the molecule is O=S([O][Hg][O]S(=O)c1ccccc1)c1ccccc1. The van der Waals surface area contributed by atoms with E-state index in [1.165, 1.54) is 0 Å². The summed E-state index contributed by atoms with van der Waals surface area (Å²) in [5.41, 5.74) is 0. The van der Waals surface area contributed by atoms with Crippen molar-refractivity contribution in [1.82, 2.24) is 0 Å². The Kier molecular flexibility index (Phi) is 6.32. The fraction of sp³-hybridized carbons (Fsp3) is 0. The monoisotopic (exact) mass is 484 g/mol. The molecule has 0 aliphatic heterocycles. The molecule has 0 radical (unpaired) electrons. The van der Waals surface area contributed by atoms with Crippen molar-refractivity contribution in [1.29, 1.82) is 0 Å². The molecule has 0 N–H and O–H groups in total. The summed E-state index contributed by atoms with van der Waals surface area (Å²) in [7, 11) is 0. The standard InChI is InChI=1S/2C6H6O2S.Hg/c2*7-9(8)6-4-2-1-3-5-6;/h2*1-5H,(H,7,8);/q;;+2/p-2. The zero-order chi connectivity index (χ0) is 13.5. The number of benzene rings is 2. The molecule has 0 fully saturated rings. The number of hydrogen-bond acceptors (Lipinski definition) is 4. The van der Waals surface area contributed by atoms with Crippen molar-refractivity contribution in [3.05, 3.63) is 60.7 Å². The fourth-order valence-electron chi connectivity index (χ4n) is 1.31. The van der Waals surface area contributed by atoms with Crippen LogP contribution in [0.15, 0.2) is 70.5 Å². The predicted molar refractivity (Wildman–Crippen MR) is 67.9 cm³/mol. The van der Waals surface area contributed by atoms with E-state index in [9.17, 15) is 8.42 Å². The van der Waals surface area contributed by atoms with Crippen molar-refractivity contribution in [3.8, 4) is 0 Å². The molecule has 0 saturated carbocycles. The first-order chi connectivity index (χ1) is 9.27. The van der Waals surface area contributed by atoms with Gasteiger partial charge in [-0.1, -0.05) is 0 Å². The Morgan fingerprint density at radius 1 is 0.684 bits per heavy atom. The van der Waals surface area contributed by atoms with Crippen LogP contribution in [0.3, 0.4) is 0 Å². The van der Waals surface area contributed by atoms with Gasteiger partial charge in [-0.25, -0.2) is 0 Å². The van der Waals surface area contributed by atoms with Gasteiger partial charge in [0.05, 0.1) is 0 Å². The Hall–Kier alpha value is -0.405. The molecule has 0 bridgehead atoms. The van der Waals surface area contributed by atoms with Crippen LogP contribution in [0.1, 0.15) is 0 Å². The molecule has 2 unspecified atom stereocenters. The van der Waals surface area contributed by atoms with Crippen molar-refractivity contribution >= 4 is 22.2 Å². The van der Waals surface area contributed by atoms with Crippen LogP contribution in [0.2, 0.25) is 0 Å². The normalized spacial score (nSPS) is 13.5. The van der Waals surface area contributed by atoms with Gasteiger partial charge in [-0.2, -0.15) is 0 Å². The predicted octanol–water partition coefficient (Wildman–Crippen LogP) is 2.38. The maximum absolute atomic E-state index is 11.7. The van der Waals surface area contributed by atoms with Crippen LogP contribution in [0.25, 0.3) is 0 Å². The zero-order valence-electron chi connectivity index (χ0n) is 9.93. The molecule has 4 nitrogen and oxygen atoms in total.